The third-order valence-corrected chi connectivity index (χ3v) is 5.75. The topological polar surface area (TPSA) is 66.2 Å². The standard InChI is InChI=1S/C23H26FN3O3S/c1-15-9-10-16(2)18(11-15)20(28)14-31-23-26-25-22(27(23)17(3)12-29-4)13-30-21-8-6-5-7-19(21)24/h5-11,17H,12-14H2,1-4H3. The number of carbonyl (C=O) groups is 1. The molecule has 0 aliphatic carbocycles. The maximum absolute atomic E-state index is 13.9. The minimum Gasteiger partial charge on any atom is -0.483 e. The van der Waals surface area contributed by atoms with Crippen LogP contribution in [0.1, 0.15) is 40.3 Å². The number of rotatable bonds is 10. The van der Waals surface area contributed by atoms with Gasteiger partial charge in [0.2, 0.25) is 0 Å². The number of nitrogens with zero attached hydrogens (tertiary/aromatic N) is 3. The zero-order valence-corrected chi connectivity index (χ0v) is 18.9. The van der Waals surface area contributed by atoms with Gasteiger partial charge in [0.25, 0.3) is 0 Å². The van der Waals surface area contributed by atoms with E-state index in [1.54, 1.807) is 25.3 Å². The molecular formula is C23H26FN3O3S. The predicted molar refractivity (Wildman–Crippen MR) is 118 cm³/mol. The highest BCUT2D eigenvalue weighted by atomic mass is 32.2. The number of hydrogen-bond acceptors (Lipinski definition) is 6. The molecule has 164 valence electrons. The second-order valence-corrected chi connectivity index (χ2v) is 8.26. The molecule has 8 heteroatoms. The summed E-state index contributed by atoms with van der Waals surface area (Å²) in [5.74, 6) is 0.512. The van der Waals surface area contributed by atoms with Crippen molar-refractivity contribution >= 4 is 17.5 Å². The highest BCUT2D eigenvalue weighted by molar-refractivity contribution is 7.99. The van der Waals surface area contributed by atoms with Crippen LogP contribution in [0.3, 0.4) is 0 Å². The minimum absolute atomic E-state index is 0.0318. The van der Waals surface area contributed by atoms with E-state index in [1.165, 1.54) is 17.8 Å². The van der Waals surface area contributed by atoms with Crippen LogP contribution in [-0.4, -0.2) is 40.0 Å². The van der Waals surface area contributed by atoms with E-state index >= 15 is 0 Å². The summed E-state index contributed by atoms with van der Waals surface area (Å²) in [7, 11) is 1.62. The summed E-state index contributed by atoms with van der Waals surface area (Å²) in [6.07, 6.45) is 0. The maximum atomic E-state index is 13.9. The normalized spacial score (nSPS) is 12.0. The quantitative estimate of drug-likeness (QED) is 0.331. The SMILES string of the molecule is COCC(C)n1c(COc2ccccc2F)nnc1SCC(=O)c1cc(C)ccc1C. The first-order valence-corrected chi connectivity index (χ1v) is 10.9. The zero-order chi connectivity index (χ0) is 22.4. The molecule has 3 rings (SSSR count). The number of ketones is 1. The Morgan fingerprint density at radius 3 is 2.71 bits per heavy atom. The van der Waals surface area contributed by atoms with Gasteiger partial charge in [-0.05, 0) is 44.5 Å². The lowest BCUT2D eigenvalue weighted by atomic mass is 10.0. The number of hydrogen-bond donors (Lipinski definition) is 0. The number of ether oxygens (including phenoxy) is 2. The van der Waals surface area contributed by atoms with Gasteiger partial charge in [-0.25, -0.2) is 4.39 Å². The highest BCUT2D eigenvalue weighted by Crippen LogP contribution is 2.25. The Balaban J connectivity index is 1.77. The van der Waals surface area contributed by atoms with Crippen molar-refractivity contribution < 1.29 is 18.7 Å². The van der Waals surface area contributed by atoms with Gasteiger partial charge >= 0.3 is 0 Å². The van der Waals surface area contributed by atoms with Gasteiger partial charge in [-0.3, -0.25) is 9.36 Å². The summed E-state index contributed by atoms with van der Waals surface area (Å²) in [5, 5.41) is 9.07. The molecule has 0 aliphatic heterocycles. The Bertz CT molecular complexity index is 1050. The fraction of sp³-hybridized carbons (Fsp3) is 0.348. The Hall–Kier alpha value is -2.71. The first-order chi connectivity index (χ1) is 14.9. The van der Waals surface area contributed by atoms with E-state index in [1.807, 2.05) is 43.5 Å². The third-order valence-electron chi connectivity index (χ3n) is 4.80. The van der Waals surface area contributed by atoms with Crippen molar-refractivity contribution in [2.75, 3.05) is 19.5 Å². The van der Waals surface area contributed by atoms with Crippen LogP contribution in [0.2, 0.25) is 0 Å². The molecule has 0 saturated heterocycles. The van der Waals surface area contributed by atoms with Crippen molar-refractivity contribution in [3.8, 4) is 5.75 Å². The Morgan fingerprint density at radius 1 is 1.19 bits per heavy atom. The van der Waals surface area contributed by atoms with E-state index in [0.717, 1.165) is 11.1 Å². The van der Waals surface area contributed by atoms with Crippen LogP contribution in [0, 0.1) is 19.7 Å². The van der Waals surface area contributed by atoms with Crippen LogP contribution in [0.4, 0.5) is 4.39 Å². The molecule has 1 unspecified atom stereocenters. The second-order valence-electron chi connectivity index (χ2n) is 7.32. The number of carbonyl (C=O) groups excluding carboxylic acids is 1. The van der Waals surface area contributed by atoms with Crippen molar-refractivity contribution in [2.24, 2.45) is 0 Å². The number of benzene rings is 2. The fourth-order valence-electron chi connectivity index (χ4n) is 3.21. The monoisotopic (exact) mass is 443 g/mol. The smallest absolute Gasteiger partial charge is 0.192 e. The minimum atomic E-state index is -0.438. The molecule has 1 aromatic heterocycles. The maximum Gasteiger partial charge on any atom is 0.192 e. The summed E-state index contributed by atoms with van der Waals surface area (Å²) in [5.41, 5.74) is 2.71. The van der Waals surface area contributed by atoms with Crippen molar-refractivity contribution in [2.45, 2.75) is 38.6 Å². The van der Waals surface area contributed by atoms with E-state index < -0.39 is 5.82 Å². The van der Waals surface area contributed by atoms with E-state index in [-0.39, 0.29) is 29.9 Å². The zero-order valence-electron chi connectivity index (χ0n) is 18.1. The number of methoxy groups -OCH3 is 1. The summed E-state index contributed by atoms with van der Waals surface area (Å²) >= 11 is 1.32. The number of Topliss-reactive ketones (excluding diaryl/α,β-unsaturated/α-hetero) is 1. The lowest BCUT2D eigenvalue weighted by molar-refractivity contribution is 0.102. The van der Waals surface area contributed by atoms with Crippen LogP contribution in [0.25, 0.3) is 0 Å². The molecule has 0 bridgehead atoms. The molecule has 0 N–H and O–H groups in total. The van der Waals surface area contributed by atoms with Crippen LogP contribution in [0.15, 0.2) is 47.6 Å². The van der Waals surface area contributed by atoms with E-state index in [0.29, 0.717) is 23.2 Å². The molecule has 31 heavy (non-hydrogen) atoms. The number of halogens is 1. The van der Waals surface area contributed by atoms with Gasteiger partial charge in [0.05, 0.1) is 18.4 Å². The van der Waals surface area contributed by atoms with Gasteiger partial charge < -0.3 is 9.47 Å². The molecular weight excluding hydrogens is 417 g/mol. The average Bonchev–Trinajstić information content (AvgIpc) is 3.16. The van der Waals surface area contributed by atoms with Crippen LogP contribution >= 0.6 is 11.8 Å². The van der Waals surface area contributed by atoms with Crippen molar-refractivity contribution in [1.82, 2.24) is 14.8 Å². The Kier molecular flexibility index (Phi) is 7.81. The molecule has 0 amide bonds. The third kappa shape index (κ3) is 5.71. The number of para-hydroxylation sites is 1. The van der Waals surface area contributed by atoms with E-state index in [2.05, 4.69) is 10.2 Å². The molecule has 0 fully saturated rings. The summed E-state index contributed by atoms with van der Waals surface area (Å²) in [6, 6.07) is 12.0. The van der Waals surface area contributed by atoms with Gasteiger partial charge in [0, 0.05) is 12.7 Å². The molecule has 0 aliphatic rings. The molecule has 1 heterocycles. The number of thioether (sulfide) groups is 1. The van der Waals surface area contributed by atoms with Crippen LogP contribution in [0.5, 0.6) is 5.75 Å². The lowest BCUT2D eigenvalue weighted by Gasteiger charge is -2.17. The van der Waals surface area contributed by atoms with Crippen LogP contribution < -0.4 is 4.74 Å². The summed E-state index contributed by atoms with van der Waals surface area (Å²) < 4.78 is 26.7. The van der Waals surface area contributed by atoms with Gasteiger partial charge in [-0.2, -0.15) is 0 Å². The average molecular weight is 444 g/mol. The van der Waals surface area contributed by atoms with Crippen molar-refractivity contribution in [3.63, 3.8) is 0 Å². The lowest BCUT2D eigenvalue weighted by Crippen LogP contribution is -2.17. The molecule has 6 nitrogen and oxygen atoms in total. The van der Waals surface area contributed by atoms with E-state index in [9.17, 15) is 9.18 Å². The Morgan fingerprint density at radius 2 is 1.97 bits per heavy atom. The predicted octanol–water partition coefficient (Wildman–Crippen LogP) is 4.80. The number of aryl methyl sites for hydroxylation is 2. The van der Waals surface area contributed by atoms with Gasteiger partial charge in [0.1, 0.15) is 6.61 Å². The highest BCUT2D eigenvalue weighted by Gasteiger charge is 2.20. The van der Waals surface area contributed by atoms with Gasteiger partial charge in [-0.1, -0.05) is 41.6 Å². The first-order valence-electron chi connectivity index (χ1n) is 9.94. The molecule has 0 saturated carbocycles. The van der Waals surface area contributed by atoms with Crippen LogP contribution in [-0.2, 0) is 11.3 Å². The first kappa shape index (κ1) is 23.0. The molecule has 2 aromatic carbocycles. The Labute approximate surface area is 185 Å². The van der Waals surface area contributed by atoms with E-state index in [4.69, 9.17) is 9.47 Å². The fourth-order valence-corrected chi connectivity index (χ4v) is 4.15. The second kappa shape index (κ2) is 10.5. The molecule has 0 spiro atoms. The summed E-state index contributed by atoms with van der Waals surface area (Å²) in [4.78, 5) is 12.8. The molecule has 0 radical (unpaired) electrons. The number of aromatic nitrogens is 3. The van der Waals surface area contributed by atoms with Crippen molar-refractivity contribution in [3.05, 3.63) is 70.8 Å². The van der Waals surface area contributed by atoms with Crippen molar-refractivity contribution in [1.29, 1.82) is 0 Å². The summed E-state index contributed by atoms with van der Waals surface area (Å²) in [6.45, 7) is 6.35. The van der Waals surface area contributed by atoms with Gasteiger partial charge in [-0.15, -0.1) is 10.2 Å². The molecule has 3 aromatic rings. The van der Waals surface area contributed by atoms with Gasteiger partial charge in [0.15, 0.2) is 28.3 Å². The molecule has 1 atom stereocenters. The largest absolute Gasteiger partial charge is 0.483 e.